The van der Waals surface area contributed by atoms with Crippen LogP contribution in [0, 0.1) is 13.8 Å². The first-order chi connectivity index (χ1) is 11.3. The lowest BCUT2D eigenvalue weighted by atomic mass is 9.95. The van der Waals surface area contributed by atoms with Crippen molar-refractivity contribution in [1.29, 1.82) is 0 Å². The zero-order chi connectivity index (χ0) is 17.4. The first-order valence-electron chi connectivity index (χ1n) is 7.06. The SMILES string of the molecule is Cc1noc(C)c1S(=O)(=O)NCC(O)(c1ccoc1)c1cccs1. The van der Waals surface area contributed by atoms with Crippen molar-refractivity contribution in [2.45, 2.75) is 24.3 Å². The molecular formula is C15H16N2O5S2. The molecule has 1 atom stereocenters. The molecule has 0 bridgehead atoms. The maximum Gasteiger partial charge on any atom is 0.246 e. The van der Waals surface area contributed by atoms with Crippen LogP contribution in [0.3, 0.4) is 0 Å². The fourth-order valence-corrected chi connectivity index (χ4v) is 4.71. The number of rotatable bonds is 6. The summed E-state index contributed by atoms with van der Waals surface area (Å²) >= 11 is 1.33. The van der Waals surface area contributed by atoms with Gasteiger partial charge in [0.2, 0.25) is 10.0 Å². The minimum atomic E-state index is -3.89. The monoisotopic (exact) mass is 368 g/mol. The van der Waals surface area contributed by atoms with Crippen LogP contribution < -0.4 is 4.72 Å². The fourth-order valence-electron chi connectivity index (χ4n) is 2.48. The largest absolute Gasteiger partial charge is 0.472 e. The van der Waals surface area contributed by atoms with E-state index in [1.807, 2.05) is 5.38 Å². The molecular weight excluding hydrogens is 352 g/mol. The van der Waals surface area contributed by atoms with Gasteiger partial charge in [-0.1, -0.05) is 11.2 Å². The molecule has 3 heterocycles. The quantitative estimate of drug-likeness (QED) is 0.691. The number of aromatic nitrogens is 1. The van der Waals surface area contributed by atoms with Gasteiger partial charge >= 0.3 is 0 Å². The zero-order valence-corrected chi connectivity index (χ0v) is 14.6. The van der Waals surface area contributed by atoms with Crippen LogP contribution in [0.5, 0.6) is 0 Å². The van der Waals surface area contributed by atoms with E-state index in [9.17, 15) is 13.5 Å². The molecule has 3 aromatic rings. The van der Waals surface area contributed by atoms with Crippen molar-refractivity contribution >= 4 is 21.4 Å². The Morgan fingerprint density at radius 2 is 2.17 bits per heavy atom. The third-order valence-corrected chi connectivity index (χ3v) is 6.35. The third-order valence-electron chi connectivity index (χ3n) is 3.68. The molecule has 0 spiro atoms. The average Bonchev–Trinajstić information content (AvgIpc) is 3.27. The van der Waals surface area contributed by atoms with Crippen LogP contribution >= 0.6 is 11.3 Å². The van der Waals surface area contributed by atoms with Crippen molar-refractivity contribution in [3.8, 4) is 0 Å². The minimum absolute atomic E-state index is 0.0109. The number of aryl methyl sites for hydroxylation is 2. The van der Waals surface area contributed by atoms with E-state index in [2.05, 4.69) is 9.88 Å². The molecule has 3 rings (SSSR count). The summed E-state index contributed by atoms with van der Waals surface area (Å²) in [6, 6.07) is 5.12. The third kappa shape index (κ3) is 2.91. The van der Waals surface area contributed by atoms with E-state index in [0.29, 0.717) is 10.4 Å². The highest BCUT2D eigenvalue weighted by Crippen LogP contribution is 2.33. The molecule has 0 aliphatic carbocycles. The molecule has 2 N–H and O–H groups in total. The van der Waals surface area contributed by atoms with E-state index in [1.54, 1.807) is 25.1 Å². The number of thiophene rings is 1. The normalized spacial score (nSPS) is 14.6. The highest BCUT2D eigenvalue weighted by Gasteiger charge is 2.36. The molecule has 0 saturated heterocycles. The van der Waals surface area contributed by atoms with E-state index in [-0.39, 0.29) is 22.9 Å². The number of furan rings is 1. The Bertz CT molecular complexity index is 858. The van der Waals surface area contributed by atoms with Gasteiger partial charge in [0.15, 0.2) is 5.76 Å². The molecule has 0 fully saturated rings. The summed E-state index contributed by atoms with van der Waals surface area (Å²) in [5.41, 5.74) is -0.804. The van der Waals surface area contributed by atoms with Crippen LogP contribution in [0.15, 0.2) is 49.9 Å². The Hall–Kier alpha value is -1.94. The summed E-state index contributed by atoms with van der Waals surface area (Å²) in [6.07, 6.45) is 2.82. The summed E-state index contributed by atoms with van der Waals surface area (Å²) in [7, 11) is -3.89. The smallest absolute Gasteiger partial charge is 0.246 e. The van der Waals surface area contributed by atoms with Gasteiger partial charge in [-0.05, 0) is 31.4 Å². The van der Waals surface area contributed by atoms with E-state index in [1.165, 1.54) is 30.8 Å². The number of hydrogen-bond acceptors (Lipinski definition) is 7. The molecule has 0 radical (unpaired) electrons. The van der Waals surface area contributed by atoms with Crippen LogP contribution in [0.25, 0.3) is 0 Å². The summed E-state index contributed by atoms with van der Waals surface area (Å²) in [5, 5.41) is 16.6. The van der Waals surface area contributed by atoms with Gasteiger partial charge in [-0.3, -0.25) is 0 Å². The highest BCUT2D eigenvalue weighted by molar-refractivity contribution is 7.89. The summed E-state index contributed by atoms with van der Waals surface area (Å²) < 4.78 is 37.6. The van der Waals surface area contributed by atoms with Crippen LogP contribution in [0.2, 0.25) is 0 Å². The van der Waals surface area contributed by atoms with Crippen molar-refractivity contribution in [2.24, 2.45) is 0 Å². The van der Waals surface area contributed by atoms with E-state index < -0.39 is 15.6 Å². The Morgan fingerprint density at radius 1 is 1.38 bits per heavy atom. The van der Waals surface area contributed by atoms with Crippen LogP contribution in [-0.4, -0.2) is 25.2 Å². The molecule has 0 aliphatic rings. The van der Waals surface area contributed by atoms with Crippen molar-refractivity contribution in [3.05, 3.63) is 58.0 Å². The number of nitrogens with zero attached hydrogens (tertiary/aromatic N) is 1. The van der Waals surface area contributed by atoms with Crippen LogP contribution in [-0.2, 0) is 15.6 Å². The van der Waals surface area contributed by atoms with Gasteiger partial charge in [-0.2, -0.15) is 0 Å². The first kappa shape index (κ1) is 16.9. The predicted octanol–water partition coefficient (Wildman–Crippen LogP) is 2.16. The predicted molar refractivity (Wildman–Crippen MR) is 87.2 cm³/mol. The topological polar surface area (TPSA) is 106 Å². The average molecular weight is 368 g/mol. The molecule has 0 aromatic carbocycles. The number of sulfonamides is 1. The van der Waals surface area contributed by atoms with Crippen LogP contribution in [0.4, 0.5) is 0 Å². The van der Waals surface area contributed by atoms with Crippen molar-refractivity contribution in [1.82, 2.24) is 9.88 Å². The maximum absolute atomic E-state index is 12.6. The number of nitrogens with one attached hydrogen (secondary N) is 1. The van der Waals surface area contributed by atoms with Crippen molar-refractivity contribution in [3.63, 3.8) is 0 Å². The van der Waals surface area contributed by atoms with Crippen LogP contribution in [0.1, 0.15) is 21.9 Å². The van der Waals surface area contributed by atoms with Gasteiger partial charge in [0.1, 0.15) is 16.2 Å². The summed E-state index contributed by atoms with van der Waals surface area (Å²) in [5.74, 6) is 0.197. The first-order valence-corrected chi connectivity index (χ1v) is 9.42. The second kappa shape index (κ2) is 6.17. The lowest BCUT2D eigenvalue weighted by molar-refractivity contribution is 0.0891. The van der Waals surface area contributed by atoms with E-state index in [0.717, 1.165) is 0 Å². The molecule has 128 valence electrons. The summed E-state index contributed by atoms with van der Waals surface area (Å²) in [4.78, 5) is 0.591. The lowest BCUT2D eigenvalue weighted by Crippen LogP contribution is -2.41. The Morgan fingerprint density at radius 3 is 2.71 bits per heavy atom. The molecule has 24 heavy (non-hydrogen) atoms. The van der Waals surface area contributed by atoms with Gasteiger partial charge in [0.05, 0.1) is 12.5 Å². The maximum atomic E-state index is 12.6. The minimum Gasteiger partial charge on any atom is -0.472 e. The lowest BCUT2D eigenvalue weighted by Gasteiger charge is -2.26. The molecule has 9 heteroatoms. The zero-order valence-electron chi connectivity index (χ0n) is 13.0. The van der Waals surface area contributed by atoms with Crippen molar-refractivity contribution in [2.75, 3.05) is 6.54 Å². The van der Waals surface area contributed by atoms with Gasteiger partial charge in [-0.25, -0.2) is 13.1 Å². The standard InChI is InChI=1S/C15H16N2O5S2/c1-10-14(11(2)22-17-10)24(19,20)16-9-15(18,12-5-6-21-8-12)13-4-3-7-23-13/h3-8,16,18H,9H2,1-2H3. The molecule has 7 nitrogen and oxygen atoms in total. The van der Waals surface area contributed by atoms with E-state index >= 15 is 0 Å². The molecule has 0 saturated carbocycles. The van der Waals surface area contributed by atoms with Gasteiger partial charge in [0.25, 0.3) is 0 Å². The summed E-state index contributed by atoms with van der Waals surface area (Å²) in [6.45, 7) is 2.82. The molecule has 0 amide bonds. The Balaban J connectivity index is 1.93. The van der Waals surface area contributed by atoms with Crippen molar-refractivity contribution < 1.29 is 22.5 Å². The number of aliphatic hydroxyl groups is 1. The van der Waals surface area contributed by atoms with Gasteiger partial charge in [0, 0.05) is 17.0 Å². The Labute approximate surface area is 143 Å². The second-order valence-electron chi connectivity index (χ2n) is 5.33. The highest BCUT2D eigenvalue weighted by atomic mass is 32.2. The molecule has 3 aromatic heterocycles. The molecule has 0 aliphatic heterocycles. The Kier molecular flexibility index (Phi) is 4.35. The van der Waals surface area contributed by atoms with E-state index in [4.69, 9.17) is 8.94 Å². The molecule has 1 unspecified atom stereocenters. The van der Waals surface area contributed by atoms with Gasteiger partial charge < -0.3 is 14.0 Å². The second-order valence-corrected chi connectivity index (χ2v) is 7.98. The number of hydrogen-bond donors (Lipinski definition) is 2. The van der Waals surface area contributed by atoms with Gasteiger partial charge in [-0.15, -0.1) is 11.3 Å². The fraction of sp³-hybridized carbons (Fsp3) is 0.267.